The Bertz CT molecular complexity index is 261. The predicted octanol–water partition coefficient (Wildman–Crippen LogP) is 2.60. The third kappa shape index (κ3) is 8.37. The number of aliphatic hydroxyl groups excluding tert-OH is 1. The van der Waals surface area contributed by atoms with Crippen LogP contribution >= 0.6 is 0 Å². The second-order valence-corrected chi connectivity index (χ2v) is 5.03. The van der Waals surface area contributed by atoms with Gasteiger partial charge in [0.2, 0.25) is 0 Å². The van der Waals surface area contributed by atoms with Crippen LogP contribution in [0.1, 0.15) is 54.9 Å². The van der Waals surface area contributed by atoms with E-state index in [1.165, 1.54) is 6.92 Å². The van der Waals surface area contributed by atoms with Crippen molar-refractivity contribution in [1.82, 2.24) is 10.2 Å². The number of nitrogens with zero attached hydrogens (tertiary/aromatic N) is 1. The molecule has 1 fully saturated rings. The summed E-state index contributed by atoms with van der Waals surface area (Å²) in [7, 11) is 0. The molecule has 3 atom stereocenters. The fourth-order valence-electron chi connectivity index (χ4n) is 2.13. The van der Waals surface area contributed by atoms with Crippen molar-refractivity contribution in [3.05, 3.63) is 0 Å². The highest BCUT2D eigenvalue weighted by Gasteiger charge is 2.30. The second kappa shape index (κ2) is 13.0. The first-order valence-corrected chi connectivity index (χ1v) is 8.26. The van der Waals surface area contributed by atoms with Gasteiger partial charge >= 0.3 is 0 Å². The fourth-order valence-corrected chi connectivity index (χ4v) is 2.13. The minimum absolute atomic E-state index is 0.0146. The van der Waals surface area contributed by atoms with Crippen molar-refractivity contribution in [2.75, 3.05) is 19.6 Å². The Kier molecular flexibility index (Phi) is 14.0. The smallest absolute Gasteiger partial charge is 0.251 e. The van der Waals surface area contributed by atoms with Crippen molar-refractivity contribution in [1.29, 1.82) is 0 Å². The SMILES string of the molecule is CC.CC.CC(O)C(=O)N(CC1CCNCC1F)C(C)C. The first kappa shape index (κ1) is 22.6. The third-order valence-corrected chi connectivity index (χ3v) is 3.24. The van der Waals surface area contributed by atoms with E-state index < -0.39 is 12.3 Å². The van der Waals surface area contributed by atoms with E-state index in [0.717, 1.165) is 13.0 Å². The summed E-state index contributed by atoms with van der Waals surface area (Å²) < 4.78 is 13.7. The summed E-state index contributed by atoms with van der Waals surface area (Å²) in [5.41, 5.74) is 0. The number of rotatable bonds is 4. The number of amides is 1. The molecule has 0 aromatic rings. The van der Waals surface area contributed by atoms with Gasteiger partial charge in [0.25, 0.3) is 5.91 Å². The van der Waals surface area contributed by atoms with Crippen LogP contribution in [0.4, 0.5) is 4.39 Å². The van der Waals surface area contributed by atoms with Gasteiger partial charge in [0.1, 0.15) is 12.3 Å². The van der Waals surface area contributed by atoms with Gasteiger partial charge in [-0.25, -0.2) is 4.39 Å². The second-order valence-electron chi connectivity index (χ2n) is 5.03. The Morgan fingerprint density at radius 1 is 1.29 bits per heavy atom. The monoisotopic (exact) mass is 306 g/mol. The molecular weight excluding hydrogens is 271 g/mol. The molecule has 1 saturated heterocycles. The van der Waals surface area contributed by atoms with Crippen LogP contribution in [0.2, 0.25) is 0 Å². The van der Waals surface area contributed by atoms with Crippen LogP contribution in [0.5, 0.6) is 0 Å². The molecule has 1 aliphatic rings. The van der Waals surface area contributed by atoms with Crippen molar-refractivity contribution in [2.24, 2.45) is 5.92 Å². The van der Waals surface area contributed by atoms with Crippen LogP contribution < -0.4 is 5.32 Å². The van der Waals surface area contributed by atoms with Gasteiger partial charge < -0.3 is 15.3 Å². The van der Waals surface area contributed by atoms with Gasteiger partial charge in [-0.2, -0.15) is 0 Å². The normalized spacial score (nSPS) is 22.4. The number of nitrogens with one attached hydrogen (secondary N) is 1. The highest BCUT2D eigenvalue weighted by atomic mass is 19.1. The van der Waals surface area contributed by atoms with E-state index in [1.807, 2.05) is 41.5 Å². The molecule has 1 heterocycles. The van der Waals surface area contributed by atoms with Gasteiger partial charge in [0.05, 0.1) is 0 Å². The van der Waals surface area contributed by atoms with E-state index in [1.54, 1.807) is 4.90 Å². The van der Waals surface area contributed by atoms with Crippen molar-refractivity contribution in [3.63, 3.8) is 0 Å². The Balaban J connectivity index is 0. The van der Waals surface area contributed by atoms with Crippen LogP contribution in [0.3, 0.4) is 0 Å². The Labute approximate surface area is 130 Å². The predicted molar refractivity (Wildman–Crippen MR) is 87.1 cm³/mol. The molecule has 0 aromatic carbocycles. The van der Waals surface area contributed by atoms with Gasteiger partial charge in [0.15, 0.2) is 0 Å². The summed E-state index contributed by atoms with van der Waals surface area (Å²) in [5, 5.41) is 12.3. The molecule has 0 radical (unpaired) electrons. The molecule has 1 amide bonds. The summed E-state index contributed by atoms with van der Waals surface area (Å²) in [5.74, 6) is -0.438. The van der Waals surface area contributed by atoms with Crippen molar-refractivity contribution in [2.45, 2.75) is 73.2 Å². The number of carbonyl (C=O) groups excluding carboxylic acids is 1. The minimum atomic E-state index is -1.02. The van der Waals surface area contributed by atoms with Gasteiger partial charge in [-0.3, -0.25) is 4.79 Å². The number of alkyl halides is 1. The molecule has 0 aromatic heterocycles. The highest BCUT2D eigenvalue weighted by Crippen LogP contribution is 2.19. The first-order chi connectivity index (χ1) is 9.93. The Morgan fingerprint density at radius 2 is 1.81 bits per heavy atom. The highest BCUT2D eigenvalue weighted by molar-refractivity contribution is 5.80. The molecule has 5 heteroatoms. The van der Waals surface area contributed by atoms with Crippen LogP contribution in [-0.4, -0.2) is 53.9 Å². The van der Waals surface area contributed by atoms with Crippen LogP contribution in [-0.2, 0) is 4.79 Å². The number of halogens is 1. The van der Waals surface area contributed by atoms with Crippen LogP contribution in [0.15, 0.2) is 0 Å². The van der Waals surface area contributed by atoms with E-state index in [-0.39, 0.29) is 17.9 Å². The largest absolute Gasteiger partial charge is 0.384 e. The lowest BCUT2D eigenvalue weighted by Gasteiger charge is -2.35. The number of carbonyl (C=O) groups is 1. The molecule has 0 spiro atoms. The van der Waals surface area contributed by atoms with Crippen molar-refractivity contribution >= 4 is 5.91 Å². The number of aliphatic hydroxyl groups is 1. The Hall–Kier alpha value is -0.680. The minimum Gasteiger partial charge on any atom is -0.384 e. The zero-order valence-electron chi connectivity index (χ0n) is 14.8. The maximum Gasteiger partial charge on any atom is 0.251 e. The molecular formula is C16H35FN2O2. The summed E-state index contributed by atoms with van der Waals surface area (Å²) in [6.07, 6.45) is -1.19. The number of piperidine rings is 1. The summed E-state index contributed by atoms with van der Waals surface area (Å²) in [4.78, 5) is 13.4. The maximum atomic E-state index is 13.7. The zero-order valence-corrected chi connectivity index (χ0v) is 14.8. The molecule has 1 aliphatic heterocycles. The lowest BCUT2D eigenvalue weighted by molar-refractivity contribution is -0.142. The number of hydrogen-bond donors (Lipinski definition) is 2. The van der Waals surface area contributed by atoms with Gasteiger partial charge in [-0.05, 0) is 33.7 Å². The molecule has 0 bridgehead atoms. The molecule has 0 aliphatic carbocycles. The Morgan fingerprint density at radius 3 is 2.19 bits per heavy atom. The lowest BCUT2D eigenvalue weighted by atomic mass is 9.95. The number of hydrogen-bond acceptors (Lipinski definition) is 3. The molecule has 3 unspecified atom stereocenters. The average molecular weight is 306 g/mol. The summed E-state index contributed by atoms with van der Waals surface area (Å²) in [6, 6.07) is -0.0146. The zero-order chi connectivity index (χ0) is 17.0. The fraction of sp³-hybridized carbons (Fsp3) is 0.938. The van der Waals surface area contributed by atoms with Gasteiger partial charge in [-0.1, -0.05) is 27.7 Å². The van der Waals surface area contributed by atoms with E-state index in [0.29, 0.717) is 13.1 Å². The maximum absolute atomic E-state index is 13.7. The van der Waals surface area contributed by atoms with E-state index >= 15 is 0 Å². The van der Waals surface area contributed by atoms with Crippen LogP contribution in [0, 0.1) is 5.92 Å². The van der Waals surface area contributed by atoms with E-state index in [2.05, 4.69) is 5.32 Å². The molecule has 2 N–H and O–H groups in total. The molecule has 1 rings (SSSR count). The summed E-state index contributed by atoms with van der Waals surface area (Å²) >= 11 is 0. The summed E-state index contributed by atoms with van der Waals surface area (Å²) in [6.45, 7) is 14.8. The van der Waals surface area contributed by atoms with Gasteiger partial charge in [0, 0.05) is 25.0 Å². The standard InChI is InChI=1S/C12H23FN2O2.2C2H6/c1-8(2)15(12(17)9(3)16)7-10-4-5-14-6-11(10)13;2*1-2/h8-11,14,16H,4-7H2,1-3H3;2*1-2H3. The van der Waals surface area contributed by atoms with Crippen molar-refractivity contribution < 1.29 is 14.3 Å². The quantitative estimate of drug-likeness (QED) is 0.839. The first-order valence-electron chi connectivity index (χ1n) is 8.26. The topological polar surface area (TPSA) is 52.6 Å². The third-order valence-electron chi connectivity index (χ3n) is 3.24. The van der Waals surface area contributed by atoms with Crippen LogP contribution in [0.25, 0.3) is 0 Å². The van der Waals surface area contributed by atoms with Gasteiger partial charge in [-0.15, -0.1) is 0 Å². The van der Waals surface area contributed by atoms with E-state index in [9.17, 15) is 14.3 Å². The average Bonchev–Trinajstić information content (AvgIpc) is 2.49. The molecule has 4 nitrogen and oxygen atoms in total. The molecule has 128 valence electrons. The van der Waals surface area contributed by atoms with E-state index in [4.69, 9.17) is 0 Å². The van der Waals surface area contributed by atoms with Crippen molar-refractivity contribution in [3.8, 4) is 0 Å². The molecule has 0 saturated carbocycles. The molecule has 21 heavy (non-hydrogen) atoms. The lowest BCUT2D eigenvalue weighted by Crippen LogP contribution is -2.49.